The van der Waals surface area contributed by atoms with Gasteiger partial charge >= 0.3 is 0 Å². The molecule has 0 bridgehead atoms. The molecule has 0 aromatic heterocycles. The van der Waals surface area contributed by atoms with E-state index in [-0.39, 0.29) is 12.1 Å². The second kappa shape index (κ2) is 4.74. The van der Waals surface area contributed by atoms with E-state index in [4.69, 9.17) is 19.9 Å². The Labute approximate surface area is 93.8 Å². The second-order valence-electron chi connectivity index (χ2n) is 3.42. The van der Waals surface area contributed by atoms with Crippen LogP contribution < -0.4 is 15.2 Å². The quantitative estimate of drug-likeness (QED) is 0.817. The largest absolute Gasteiger partial charge is 0.497 e. The van der Waals surface area contributed by atoms with Crippen LogP contribution in [0.5, 0.6) is 11.5 Å². The van der Waals surface area contributed by atoms with Gasteiger partial charge in [-0.2, -0.15) is 0 Å². The molecule has 1 heterocycles. The minimum atomic E-state index is -0.0119. The monoisotopic (exact) mass is 222 g/mol. The summed E-state index contributed by atoms with van der Waals surface area (Å²) in [6.07, 6.45) is 0. The Morgan fingerprint density at radius 3 is 2.62 bits per heavy atom. The van der Waals surface area contributed by atoms with E-state index in [1.165, 1.54) is 0 Å². The molecule has 0 fully saturated rings. The van der Waals surface area contributed by atoms with Crippen molar-refractivity contribution in [3.63, 3.8) is 0 Å². The molecule has 2 rings (SSSR count). The van der Waals surface area contributed by atoms with Crippen LogP contribution in [0.1, 0.15) is 0 Å². The van der Waals surface area contributed by atoms with Crippen LogP contribution in [0, 0.1) is 0 Å². The molecule has 5 nitrogen and oxygen atoms in total. The molecule has 16 heavy (non-hydrogen) atoms. The van der Waals surface area contributed by atoms with E-state index in [2.05, 4.69) is 4.99 Å². The van der Waals surface area contributed by atoms with Gasteiger partial charge in [-0.3, -0.25) is 0 Å². The Kier molecular flexibility index (Phi) is 3.14. The summed E-state index contributed by atoms with van der Waals surface area (Å²) < 4.78 is 15.6. The normalized spacial score (nSPS) is 18.8. The number of hydrogen-bond donors (Lipinski definition) is 1. The van der Waals surface area contributed by atoms with Gasteiger partial charge in [0.15, 0.2) is 0 Å². The van der Waals surface area contributed by atoms with Crippen molar-refractivity contribution in [2.45, 2.75) is 6.04 Å². The number of rotatable bonds is 4. The third kappa shape index (κ3) is 2.56. The highest BCUT2D eigenvalue weighted by Gasteiger charge is 2.16. The zero-order chi connectivity index (χ0) is 11.4. The molecule has 2 N–H and O–H groups in total. The summed E-state index contributed by atoms with van der Waals surface area (Å²) in [5.41, 5.74) is 5.39. The summed E-state index contributed by atoms with van der Waals surface area (Å²) in [6.45, 7) is 0.953. The zero-order valence-corrected chi connectivity index (χ0v) is 9.05. The van der Waals surface area contributed by atoms with Crippen molar-refractivity contribution in [3.05, 3.63) is 24.3 Å². The van der Waals surface area contributed by atoms with Crippen LogP contribution in [-0.2, 0) is 4.74 Å². The first kappa shape index (κ1) is 10.6. The molecule has 0 saturated heterocycles. The average molecular weight is 222 g/mol. The summed E-state index contributed by atoms with van der Waals surface area (Å²) in [5.74, 6) is 1.58. The Balaban J connectivity index is 1.85. The first-order chi connectivity index (χ1) is 7.78. The third-order valence-corrected chi connectivity index (χ3v) is 2.24. The van der Waals surface area contributed by atoms with Crippen molar-refractivity contribution >= 4 is 6.02 Å². The minimum Gasteiger partial charge on any atom is -0.497 e. The number of nitrogens with zero attached hydrogens (tertiary/aromatic N) is 1. The number of nitrogens with two attached hydrogens (primary N) is 1. The first-order valence-electron chi connectivity index (χ1n) is 5.01. The van der Waals surface area contributed by atoms with Gasteiger partial charge in [0.25, 0.3) is 6.02 Å². The lowest BCUT2D eigenvalue weighted by Crippen LogP contribution is -2.17. The minimum absolute atomic E-state index is 0.0119. The SMILES string of the molecule is COc1ccc(OCC2COC(N)=N2)cc1. The molecule has 0 aliphatic carbocycles. The van der Waals surface area contributed by atoms with Gasteiger partial charge in [-0.15, -0.1) is 0 Å². The maximum Gasteiger partial charge on any atom is 0.282 e. The molecule has 1 aliphatic rings. The van der Waals surface area contributed by atoms with Crippen LogP contribution in [0.2, 0.25) is 0 Å². The summed E-state index contributed by atoms with van der Waals surface area (Å²) in [5, 5.41) is 0. The van der Waals surface area contributed by atoms with E-state index in [9.17, 15) is 0 Å². The van der Waals surface area contributed by atoms with Gasteiger partial charge in [0.1, 0.15) is 30.8 Å². The molecular formula is C11H14N2O3. The summed E-state index contributed by atoms with van der Waals surface area (Å²) in [7, 11) is 1.63. The molecule has 5 heteroatoms. The molecule has 1 aromatic carbocycles. The molecule has 0 saturated carbocycles. The van der Waals surface area contributed by atoms with Crippen molar-refractivity contribution < 1.29 is 14.2 Å². The lowest BCUT2D eigenvalue weighted by molar-refractivity contribution is 0.241. The van der Waals surface area contributed by atoms with Crippen LogP contribution in [0.15, 0.2) is 29.3 Å². The standard InChI is InChI=1S/C11H14N2O3/c1-14-9-2-4-10(5-3-9)15-6-8-7-16-11(12)13-8/h2-5,8H,6-7H2,1H3,(H2,12,13). The van der Waals surface area contributed by atoms with Crippen LogP contribution in [0.4, 0.5) is 0 Å². The summed E-state index contributed by atoms with van der Waals surface area (Å²) in [6, 6.07) is 7.62. The van der Waals surface area contributed by atoms with Gasteiger partial charge in [-0.05, 0) is 24.3 Å². The van der Waals surface area contributed by atoms with E-state index in [0.29, 0.717) is 13.2 Å². The number of amidine groups is 1. The van der Waals surface area contributed by atoms with E-state index in [1.54, 1.807) is 7.11 Å². The fraction of sp³-hybridized carbons (Fsp3) is 0.364. The first-order valence-corrected chi connectivity index (χ1v) is 5.01. The van der Waals surface area contributed by atoms with Gasteiger partial charge < -0.3 is 19.9 Å². The van der Waals surface area contributed by atoms with Gasteiger partial charge in [0.2, 0.25) is 0 Å². The maximum absolute atomic E-state index is 5.54. The fourth-order valence-corrected chi connectivity index (χ4v) is 1.39. The van der Waals surface area contributed by atoms with E-state index in [0.717, 1.165) is 11.5 Å². The Morgan fingerprint density at radius 2 is 2.06 bits per heavy atom. The lowest BCUT2D eigenvalue weighted by Gasteiger charge is -2.08. The highest BCUT2D eigenvalue weighted by Crippen LogP contribution is 2.17. The highest BCUT2D eigenvalue weighted by molar-refractivity contribution is 5.73. The number of aliphatic imine (C=N–C) groups is 1. The molecule has 1 aromatic rings. The Morgan fingerprint density at radius 1 is 1.38 bits per heavy atom. The second-order valence-corrected chi connectivity index (χ2v) is 3.42. The van der Waals surface area contributed by atoms with Crippen molar-refractivity contribution in [2.75, 3.05) is 20.3 Å². The predicted molar refractivity (Wildman–Crippen MR) is 59.9 cm³/mol. The summed E-state index contributed by atoms with van der Waals surface area (Å²) >= 11 is 0. The van der Waals surface area contributed by atoms with E-state index >= 15 is 0 Å². The number of benzene rings is 1. The highest BCUT2D eigenvalue weighted by atomic mass is 16.5. The molecule has 1 atom stereocenters. The molecule has 1 aliphatic heterocycles. The molecule has 1 unspecified atom stereocenters. The molecule has 0 spiro atoms. The average Bonchev–Trinajstić information content (AvgIpc) is 2.73. The van der Waals surface area contributed by atoms with Crippen molar-refractivity contribution in [1.82, 2.24) is 0 Å². The number of hydrogen-bond acceptors (Lipinski definition) is 5. The van der Waals surface area contributed by atoms with E-state index < -0.39 is 0 Å². The van der Waals surface area contributed by atoms with Crippen LogP contribution in [-0.4, -0.2) is 32.4 Å². The van der Waals surface area contributed by atoms with Gasteiger partial charge in [0, 0.05) is 0 Å². The molecule has 0 amide bonds. The fourth-order valence-electron chi connectivity index (χ4n) is 1.39. The predicted octanol–water partition coefficient (Wildman–Crippen LogP) is 0.787. The summed E-state index contributed by atoms with van der Waals surface area (Å²) in [4.78, 5) is 4.06. The van der Waals surface area contributed by atoms with Crippen LogP contribution >= 0.6 is 0 Å². The number of ether oxygens (including phenoxy) is 3. The lowest BCUT2D eigenvalue weighted by atomic mass is 10.3. The molecule has 86 valence electrons. The van der Waals surface area contributed by atoms with Gasteiger partial charge in [0.05, 0.1) is 7.11 Å². The van der Waals surface area contributed by atoms with Crippen LogP contribution in [0.3, 0.4) is 0 Å². The van der Waals surface area contributed by atoms with Crippen molar-refractivity contribution in [2.24, 2.45) is 10.7 Å². The Bertz CT molecular complexity index is 375. The van der Waals surface area contributed by atoms with Gasteiger partial charge in [-0.25, -0.2) is 4.99 Å². The zero-order valence-electron chi connectivity index (χ0n) is 9.05. The smallest absolute Gasteiger partial charge is 0.282 e. The molecular weight excluding hydrogens is 208 g/mol. The van der Waals surface area contributed by atoms with Gasteiger partial charge in [-0.1, -0.05) is 0 Å². The topological polar surface area (TPSA) is 66.1 Å². The van der Waals surface area contributed by atoms with Crippen molar-refractivity contribution in [3.8, 4) is 11.5 Å². The van der Waals surface area contributed by atoms with Crippen LogP contribution in [0.25, 0.3) is 0 Å². The third-order valence-electron chi connectivity index (χ3n) is 2.24. The maximum atomic E-state index is 5.54. The molecule has 0 radical (unpaired) electrons. The Hall–Kier alpha value is -1.91. The van der Waals surface area contributed by atoms with Crippen molar-refractivity contribution in [1.29, 1.82) is 0 Å². The number of methoxy groups -OCH3 is 1. The van der Waals surface area contributed by atoms with E-state index in [1.807, 2.05) is 24.3 Å².